The molecule has 90 valence electrons. The molecule has 1 aromatic heterocycles. The van der Waals surface area contributed by atoms with Gasteiger partial charge in [0, 0.05) is 10.1 Å². The van der Waals surface area contributed by atoms with Crippen LogP contribution in [0.5, 0.6) is 0 Å². The lowest BCUT2D eigenvalue weighted by Gasteiger charge is -2.08. The number of halogens is 3. The van der Waals surface area contributed by atoms with E-state index in [2.05, 4.69) is 4.98 Å². The third-order valence-electron chi connectivity index (χ3n) is 2.38. The summed E-state index contributed by atoms with van der Waals surface area (Å²) in [5, 5.41) is 0.303. The molecule has 0 spiro atoms. The Kier molecular flexibility index (Phi) is 3.67. The molecule has 6 heteroatoms. The van der Waals surface area contributed by atoms with Crippen LogP contribution in [0.15, 0.2) is 16.9 Å². The molecule has 0 aliphatic heterocycles. The molecule has 0 bridgehead atoms. The van der Waals surface area contributed by atoms with Gasteiger partial charge in [-0.1, -0.05) is 6.92 Å². The molecule has 0 aliphatic carbocycles. The second-order valence-corrected chi connectivity index (χ2v) is 5.21. The minimum atomic E-state index is -0.519. The first-order valence-corrected chi connectivity index (χ1v) is 6.55. The Morgan fingerprint density at radius 3 is 2.88 bits per heavy atom. The minimum Gasteiger partial charge on any atom is -0.283 e. The lowest BCUT2D eigenvalue weighted by molar-refractivity contribution is 0.625. The normalized spacial score (nSPS) is 11.1. The Hall–Kier alpha value is -0.690. The second kappa shape index (κ2) is 4.89. The van der Waals surface area contributed by atoms with Crippen molar-refractivity contribution in [3.8, 4) is 0 Å². The van der Waals surface area contributed by atoms with Crippen molar-refractivity contribution in [1.29, 1.82) is 0 Å². The predicted octanol–water partition coefficient (Wildman–Crippen LogP) is 3.20. The van der Waals surface area contributed by atoms with Gasteiger partial charge >= 0.3 is 0 Å². The molecule has 0 saturated carbocycles. The van der Waals surface area contributed by atoms with E-state index in [4.69, 9.17) is 11.6 Å². The summed E-state index contributed by atoms with van der Waals surface area (Å²) < 4.78 is 15.7. The highest BCUT2D eigenvalue weighted by Gasteiger charge is 2.12. The molecule has 1 aromatic carbocycles. The van der Waals surface area contributed by atoms with Crippen molar-refractivity contribution in [2.45, 2.75) is 19.9 Å². The summed E-state index contributed by atoms with van der Waals surface area (Å²) >= 11 is 7.85. The van der Waals surface area contributed by atoms with Crippen LogP contribution < -0.4 is 5.56 Å². The highest BCUT2D eigenvalue weighted by molar-refractivity contribution is 14.1. The molecule has 0 N–H and O–H groups in total. The Bertz CT molecular complexity index is 641. The first-order valence-electron chi connectivity index (χ1n) is 5.09. The summed E-state index contributed by atoms with van der Waals surface area (Å²) in [6.07, 6.45) is 0.763. The van der Waals surface area contributed by atoms with Gasteiger partial charge in [0.25, 0.3) is 5.56 Å². The fourth-order valence-electron chi connectivity index (χ4n) is 1.64. The molecule has 0 fully saturated rings. The van der Waals surface area contributed by atoms with Gasteiger partial charge in [-0.2, -0.15) is 0 Å². The molecule has 3 nitrogen and oxygen atoms in total. The fourth-order valence-corrected chi connectivity index (χ4v) is 2.47. The smallest absolute Gasteiger partial charge is 0.262 e. The molecule has 17 heavy (non-hydrogen) atoms. The Labute approximate surface area is 116 Å². The monoisotopic (exact) mass is 366 g/mol. The highest BCUT2D eigenvalue weighted by Crippen LogP contribution is 2.18. The topological polar surface area (TPSA) is 34.9 Å². The Morgan fingerprint density at radius 1 is 1.53 bits per heavy atom. The Morgan fingerprint density at radius 2 is 2.24 bits per heavy atom. The second-order valence-electron chi connectivity index (χ2n) is 3.62. The zero-order valence-corrected chi connectivity index (χ0v) is 11.9. The SMILES string of the molecule is CCCn1c(Cl)nc2c(F)cc(I)cc2c1=O. The van der Waals surface area contributed by atoms with E-state index in [1.54, 1.807) is 6.07 Å². The van der Waals surface area contributed by atoms with Crippen molar-refractivity contribution in [1.82, 2.24) is 9.55 Å². The van der Waals surface area contributed by atoms with E-state index in [0.29, 0.717) is 10.1 Å². The summed E-state index contributed by atoms with van der Waals surface area (Å²) in [4.78, 5) is 16.1. The third-order valence-corrected chi connectivity index (χ3v) is 3.29. The molecule has 2 rings (SSSR count). The number of hydrogen-bond acceptors (Lipinski definition) is 2. The van der Waals surface area contributed by atoms with Gasteiger partial charge in [0.2, 0.25) is 5.28 Å². The number of fused-ring (bicyclic) bond motifs is 1. The van der Waals surface area contributed by atoms with Crippen molar-refractivity contribution in [2.75, 3.05) is 0 Å². The average molecular weight is 367 g/mol. The number of aromatic nitrogens is 2. The van der Waals surface area contributed by atoms with Gasteiger partial charge in [0.05, 0.1) is 5.39 Å². The minimum absolute atomic E-state index is 0.0319. The molecule has 0 saturated heterocycles. The van der Waals surface area contributed by atoms with E-state index in [-0.39, 0.29) is 21.7 Å². The maximum absolute atomic E-state index is 13.7. The molecule has 0 unspecified atom stereocenters. The van der Waals surface area contributed by atoms with E-state index < -0.39 is 5.82 Å². The van der Waals surface area contributed by atoms with Gasteiger partial charge in [-0.15, -0.1) is 0 Å². The summed E-state index contributed by atoms with van der Waals surface area (Å²) in [7, 11) is 0. The van der Waals surface area contributed by atoms with Crippen LogP contribution in [0.4, 0.5) is 4.39 Å². The van der Waals surface area contributed by atoms with Gasteiger partial charge in [-0.3, -0.25) is 9.36 Å². The van der Waals surface area contributed by atoms with Crippen LogP contribution in [0.1, 0.15) is 13.3 Å². The summed E-state index contributed by atoms with van der Waals surface area (Å²) in [6.45, 7) is 2.41. The fraction of sp³-hybridized carbons (Fsp3) is 0.273. The van der Waals surface area contributed by atoms with Crippen LogP contribution in [0.2, 0.25) is 5.28 Å². The average Bonchev–Trinajstić information content (AvgIpc) is 2.26. The van der Waals surface area contributed by atoms with Crippen LogP contribution in [-0.2, 0) is 6.54 Å². The summed E-state index contributed by atoms with van der Waals surface area (Å²) in [5.74, 6) is -0.519. The molecule has 1 heterocycles. The van der Waals surface area contributed by atoms with E-state index >= 15 is 0 Å². The number of rotatable bonds is 2. The number of nitrogens with zero attached hydrogens (tertiary/aromatic N) is 2. The predicted molar refractivity (Wildman–Crippen MR) is 74.0 cm³/mol. The third kappa shape index (κ3) is 2.30. The first-order chi connectivity index (χ1) is 8.04. The molecular weight excluding hydrogens is 357 g/mol. The van der Waals surface area contributed by atoms with Crippen molar-refractivity contribution >= 4 is 45.1 Å². The lowest BCUT2D eigenvalue weighted by atomic mass is 10.2. The quantitative estimate of drug-likeness (QED) is 0.604. The zero-order valence-electron chi connectivity index (χ0n) is 9.01. The molecule has 2 aromatic rings. The van der Waals surface area contributed by atoms with Gasteiger partial charge in [-0.25, -0.2) is 9.37 Å². The standard InChI is InChI=1S/C11H9ClFIN2O/c1-2-3-16-10(17)7-4-6(14)5-8(13)9(7)15-11(16)12/h4-5H,2-3H2,1H3. The molecule has 0 radical (unpaired) electrons. The van der Waals surface area contributed by atoms with Crippen molar-refractivity contribution < 1.29 is 4.39 Å². The van der Waals surface area contributed by atoms with E-state index in [0.717, 1.165) is 6.42 Å². The van der Waals surface area contributed by atoms with E-state index in [1.807, 2.05) is 29.5 Å². The lowest BCUT2D eigenvalue weighted by Crippen LogP contribution is -2.22. The summed E-state index contributed by atoms with van der Waals surface area (Å²) in [6, 6.07) is 2.95. The molecule has 0 atom stereocenters. The van der Waals surface area contributed by atoms with Crippen LogP contribution in [0.3, 0.4) is 0 Å². The largest absolute Gasteiger partial charge is 0.283 e. The Balaban J connectivity index is 2.87. The van der Waals surface area contributed by atoms with Gasteiger partial charge in [-0.05, 0) is 52.7 Å². The molecule has 0 amide bonds. The van der Waals surface area contributed by atoms with E-state index in [1.165, 1.54) is 10.6 Å². The van der Waals surface area contributed by atoms with Crippen LogP contribution >= 0.6 is 34.2 Å². The van der Waals surface area contributed by atoms with Crippen LogP contribution in [0, 0.1) is 9.39 Å². The van der Waals surface area contributed by atoms with Crippen LogP contribution in [0.25, 0.3) is 10.9 Å². The highest BCUT2D eigenvalue weighted by atomic mass is 127. The first kappa shape index (κ1) is 12.8. The van der Waals surface area contributed by atoms with Crippen molar-refractivity contribution in [3.05, 3.63) is 37.2 Å². The van der Waals surface area contributed by atoms with Crippen molar-refractivity contribution in [2.24, 2.45) is 0 Å². The van der Waals surface area contributed by atoms with Crippen molar-refractivity contribution in [3.63, 3.8) is 0 Å². The van der Waals surface area contributed by atoms with E-state index in [9.17, 15) is 9.18 Å². The maximum atomic E-state index is 13.7. The zero-order chi connectivity index (χ0) is 12.6. The molecular formula is C11H9ClFIN2O. The summed E-state index contributed by atoms with van der Waals surface area (Å²) in [5.41, 5.74) is -0.257. The van der Waals surface area contributed by atoms with Gasteiger partial charge < -0.3 is 0 Å². The van der Waals surface area contributed by atoms with Gasteiger partial charge in [0.15, 0.2) is 5.82 Å². The molecule has 0 aliphatic rings. The maximum Gasteiger partial charge on any atom is 0.262 e. The number of benzene rings is 1. The number of hydrogen-bond donors (Lipinski definition) is 0. The van der Waals surface area contributed by atoms with Gasteiger partial charge in [0.1, 0.15) is 5.52 Å². The van der Waals surface area contributed by atoms with Crippen LogP contribution in [-0.4, -0.2) is 9.55 Å².